The normalized spacial score (nSPS) is 29.8. The summed E-state index contributed by atoms with van der Waals surface area (Å²) in [5.74, 6) is 3.61. The lowest BCUT2D eigenvalue weighted by molar-refractivity contribution is 0.296. The predicted molar refractivity (Wildman–Crippen MR) is 98.1 cm³/mol. The van der Waals surface area contributed by atoms with Crippen molar-refractivity contribution in [2.75, 3.05) is 0 Å². The zero-order chi connectivity index (χ0) is 15.7. The topological polar surface area (TPSA) is 12.9 Å². The standard InChI is InChI=1S/C23H21N/c1-2-4-19-15(3-1)7-8-24-23(19)16-5-6-20-21-11-14-9-17(21)12-18(10-14)22(20)13-16/h1-8,13-14,17-18,21H,9-12H2. The summed E-state index contributed by atoms with van der Waals surface area (Å²) < 4.78 is 0. The molecular weight excluding hydrogens is 290 g/mol. The van der Waals surface area contributed by atoms with Gasteiger partial charge in [-0.15, -0.1) is 0 Å². The van der Waals surface area contributed by atoms with Crippen LogP contribution in [0.5, 0.6) is 0 Å². The van der Waals surface area contributed by atoms with Crippen molar-refractivity contribution in [3.8, 4) is 11.3 Å². The molecule has 4 unspecified atom stereocenters. The number of benzene rings is 2. The smallest absolute Gasteiger partial charge is 0.0780 e. The van der Waals surface area contributed by atoms with Crippen molar-refractivity contribution in [1.29, 1.82) is 0 Å². The highest BCUT2D eigenvalue weighted by Crippen LogP contribution is 2.60. The molecule has 3 aliphatic rings. The van der Waals surface area contributed by atoms with Crippen LogP contribution in [0, 0.1) is 11.8 Å². The molecule has 2 aromatic carbocycles. The lowest BCUT2D eigenvalue weighted by atomic mass is 9.68. The highest BCUT2D eigenvalue weighted by molar-refractivity contribution is 5.94. The van der Waals surface area contributed by atoms with Crippen LogP contribution in [0.25, 0.3) is 22.0 Å². The summed E-state index contributed by atoms with van der Waals surface area (Å²) in [7, 11) is 0. The summed E-state index contributed by atoms with van der Waals surface area (Å²) in [4.78, 5) is 4.74. The molecule has 0 radical (unpaired) electrons. The molecule has 0 aliphatic heterocycles. The fourth-order valence-corrected chi connectivity index (χ4v) is 5.95. The molecule has 2 fully saturated rings. The Labute approximate surface area is 142 Å². The highest BCUT2D eigenvalue weighted by Gasteiger charge is 2.46. The fourth-order valence-electron chi connectivity index (χ4n) is 5.95. The van der Waals surface area contributed by atoms with Crippen molar-refractivity contribution in [2.24, 2.45) is 11.8 Å². The zero-order valence-electron chi connectivity index (χ0n) is 13.8. The molecule has 1 heterocycles. The average Bonchev–Trinajstić information content (AvgIpc) is 2.88. The molecule has 0 amide bonds. The molecule has 3 aliphatic carbocycles. The van der Waals surface area contributed by atoms with Gasteiger partial charge in [0.2, 0.25) is 0 Å². The monoisotopic (exact) mass is 311 g/mol. The molecule has 0 spiro atoms. The van der Waals surface area contributed by atoms with E-state index >= 15 is 0 Å². The predicted octanol–water partition coefficient (Wildman–Crippen LogP) is 5.90. The Hall–Kier alpha value is -2.15. The number of hydrogen-bond acceptors (Lipinski definition) is 1. The quantitative estimate of drug-likeness (QED) is 0.545. The number of hydrogen-bond donors (Lipinski definition) is 0. The van der Waals surface area contributed by atoms with Crippen LogP contribution in [0.4, 0.5) is 0 Å². The van der Waals surface area contributed by atoms with E-state index in [0.717, 1.165) is 29.4 Å². The molecule has 4 atom stereocenters. The van der Waals surface area contributed by atoms with Gasteiger partial charge >= 0.3 is 0 Å². The molecule has 3 bridgehead atoms. The van der Waals surface area contributed by atoms with Crippen molar-refractivity contribution in [2.45, 2.75) is 37.5 Å². The Kier molecular flexibility index (Phi) is 2.58. The third kappa shape index (κ3) is 1.73. The van der Waals surface area contributed by atoms with Crippen molar-refractivity contribution in [3.05, 3.63) is 65.9 Å². The van der Waals surface area contributed by atoms with Crippen LogP contribution < -0.4 is 0 Å². The Balaban J connectivity index is 1.54. The molecule has 3 aromatic rings. The van der Waals surface area contributed by atoms with Gasteiger partial charge in [0, 0.05) is 17.1 Å². The van der Waals surface area contributed by atoms with Crippen LogP contribution in [-0.4, -0.2) is 4.98 Å². The second kappa shape index (κ2) is 4.69. The van der Waals surface area contributed by atoms with E-state index in [1.54, 1.807) is 11.1 Å². The summed E-state index contributed by atoms with van der Waals surface area (Å²) in [6.07, 6.45) is 7.74. The maximum Gasteiger partial charge on any atom is 0.0780 e. The lowest BCUT2D eigenvalue weighted by Gasteiger charge is -2.36. The van der Waals surface area contributed by atoms with Crippen molar-refractivity contribution in [3.63, 3.8) is 0 Å². The Morgan fingerprint density at radius 2 is 1.79 bits per heavy atom. The number of pyridine rings is 1. The van der Waals surface area contributed by atoms with Crippen LogP contribution in [0.2, 0.25) is 0 Å². The summed E-state index contributed by atoms with van der Waals surface area (Å²) in [5, 5.41) is 2.54. The van der Waals surface area contributed by atoms with Gasteiger partial charge in [0.1, 0.15) is 0 Å². The van der Waals surface area contributed by atoms with Gasteiger partial charge in [0.25, 0.3) is 0 Å². The largest absolute Gasteiger partial charge is 0.256 e. The van der Waals surface area contributed by atoms with Gasteiger partial charge in [-0.2, -0.15) is 0 Å². The highest BCUT2D eigenvalue weighted by atomic mass is 14.7. The van der Waals surface area contributed by atoms with Crippen LogP contribution in [-0.2, 0) is 0 Å². The Bertz CT molecular complexity index is 950. The van der Waals surface area contributed by atoms with Gasteiger partial charge in [-0.05, 0) is 78.0 Å². The summed E-state index contributed by atoms with van der Waals surface area (Å²) >= 11 is 0. The number of rotatable bonds is 1. The van der Waals surface area contributed by atoms with Gasteiger partial charge in [-0.25, -0.2) is 0 Å². The molecule has 0 N–H and O–H groups in total. The van der Waals surface area contributed by atoms with E-state index in [0.29, 0.717) is 0 Å². The van der Waals surface area contributed by atoms with Crippen LogP contribution in [0.1, 0.15) is 48.6 Å². The molecule has 118 valence electrons. The Morgan fingerprint density at radius 1 is 0.833 bits per heavy atom. The zero-order valence-corrected chi connectivity index (χ0v) is 13.8. The molecule has 1 heteroatoms. The molecular formula is C23H21N. The number of nitrogens with zero attached hydrogens (tertiary/aromatic N) is 1. The van der Waals surface area contributed by atoms with Crippen LogP contribution in [0.3, 0.4) is 0 Å². The first-order valence-corrected chi connectivity index (χ1v) is 9.35. The van der Waals surface area contributed by atoms with E-state index in [1.807, 2.05) is 6.20 Å². The van der Waals surface area contributed by atoms with Crippen molar-refractivity contribution < 1.29 is 0 Å². The summed E-state index contributed by atoms with van der Waals surface area (Å²) in [6, 6.07) is 18.0. The number of aromatic nitrogens is 1. The van der Waals surface area contributed by atoms with E-state index in [2.05, 4.69) is 48.5 Å². The lowest BCUT2D eigenvalue weighted by Crippen LogP contribution is -2.22. The van der Waals surface area contributed by atoms with Gasteiger partial charge in [0.15, 0.2) is 0 Å². The second-order valence-electron chi connectivity index (χ2n) is 8.10. The van der Waals surface area contributed by atoms with Gasteiger partial charge in [-0.1, -0.05) is 36.4 Å². The third-order valence-electron chi connectivity index (χ3n) is 6.87. The molecule has 0 saturated heterocycles. The minimum absolute atomic E-state index is 0.803. The van der Waals surface area contributed by atoms with E-state index in [1.165, 1.54) is 42.0 Å². The van der Waals surface area contributed by atoms with Gasteiger partial charge < -0.3 is 0 Å². The maximum atomic E-state index is 4.74. The summed E-state index contributed by atoms with van der Waals surface area (Å²) in [6.45, 7) is 0. The Morgan fingerprint density at radius 3 is 2.79 bits per heavy atom. The third-order valence-corrected chi connectivity index (χ3v) is 6.87. The first-order valence-electron chi connectivity index (χ1n) is 9.35. The molecule has 1 aromatic heterocycles. The number of fused-ring (bicyclic) bond motifs is 6. The van der Waals surface area contributed by atoms with E-state index in [4.69, 9.17) is 4.98 Å². The second-order valence-corrected chi connectivity index (χ2v) is 8.10. The molecule has 2 saturated carbocycles. The first-order chi connectivity index (χ1) is 11.9. The average molecular weight is 311 g/mol. The molecule has 24 heavy (non-hydrogen) atoms. The van der Waals surface area contributed by atoms with E-state index in [-0.39, 0.29) is 0 Å². The minimum atomic E-state index is 0.803. The van der Waals surface area contributed by atoms with Crippen molar-refractivity contribution in [1.82, 2.24) is 4.98 Å². The molecule has 1 nitrogen and oxygen atoms in total. The van der Waals surface area contributed by atoms with E-state index < -0.39 is 0 Å². The van der Waals surface area contributed by atoms with Gasteiger partial charge in [-0.3, -0.25) is 4.98 Å². The SMILES string of the molecule is c1ccc2c(-c3ccc4c(c3)C3CC5CC(C3)C4C5)nccc2c1. The van der Waals surface area contributed by atoms with Gasteiger partial charge in [0.05, 0.1) is 5.69 Å². The van der Waals surface area contributed by atoms with Crippen LogP contribution >= 0.6 is 0 Å². The minimum Gasteiger partial charge on any atom is -0.256 e. The molecule has 6 rings (SSSR count). The summed E-state index contributed by atoms with van der Waals surface area (Å²) in [5.41, 5.74) is 5.75. The first kappa shape index (κ1) is 13.2. The van der Waals surface area contributed by atoms with Crippen molar-refractivity contribution >= 4 is 10.8 Å². The van der Waals surface area contributed by atoms with E-state index in [9.17, 15) is 0 Å². The fraction of sp³-hybridized carbons (Fsp3) is 0.348. The van der Waals surface area contributed by atoms with Crippen LogP contribution in [0.15, 0.2) is 54.7 Å². The maximum absolute atomic E-state index is 4.74.